The summed E-state index contributed by atoms with van der Waals surface area (Å²) in [5.41, 5.74) is 1.88. The minimum atomic E-state index is -0.270. The van der Waals surface area contributed by atoms with Gasteiger partial charge in [0.05, 0.1) is 6.10 Å². The molecule has 0 heterocycles. The summed E-state index contributed by atoms with van der Waals surface area (Å²) in [6.45, 7) is 6.86. The van der Waals surface area contributed by atoms with E-state index in [-0.39, 0.29) is 32.6 Å². The fourth-order valence-corrected chi connectivity index (χ4v) is 5.66. The van der Waals surface area contributed by atoms with Crippen LogP contribution in [0.25, 0.3) is 0 Å². The van der Waals surface area contributed by atoms with Gasteiger partial charge < -0.3 is 5.11 Å². The monoisotopic (exact) mass is 332 g/mol. The Morgan fingerprint density at radius 1 is 1.33 bits per heavy atom. The van der Waals surface area contributed by atoms with Gasteiger partial charge in [-0.1, -0.05) is 48.4 Å². The van der Waals surface area contributed by atoms with Crippen LogP contribution >= 0.6 is 27.5 Å². The Bertz CT molecular complexity index is 419. The van der Waals surface area contributed by atoms with Crippen LogP contribution in [0.1, 0.15) is 46.5 Å². The van der Waals surface area contributed by atoms with E-state index in [0.717, 1.165) is 12.8 Å². The highest BCUT2D eigenvalue weighted by atomic mass is 79.9. The van der Waals surface area contributed by atoms with E-state index >= 15 is 0 Å². The van der Waals surface area contributed by atoms with Crippen molar-refractivity contribution >= 4 is 27.5 Å². The molecule has 1 spiro atoms. The van der Waals surface area contributed by atoms with Crippen molar-refractivity contribution in [2.45, 2.75) is 62.8 Å². The molecule has 1 nitrogen and oxygen atoms in total. The summed E-state index contributed by atoms with van der Waals surface area (Å²) in [5.74, 6) is 0. The van der Waals surface area contributed by atoms with Crippen molar-refractivity contribution in [3.63, 3.8) is 0 Å². The Morgan fingerprint density at radius 3 is 2.61 bits per heavy atom. The lowest BCUT2D eigenvalue weighted by atomic mass is 9.43. The fourth-order valence-electron chi connectivity index (χ4n) is 4.60. The smallest absolute Gasteiger partial charge is 0.0707 e. The van der Waals surface area contributed by atoms with Crippen LogP contribution in [0.3, 0.4) is 0 Å². The molecule has 0 aromatic carbocycles. The highest BCUT2D eigenvalue weighted by molar-refractivity contribution is 9.09. The third-order valence-corrected chi connectivity index (χ3v) is 8.55. The molecule has 4 aliphatic rings. The average molecular weight is 334 g/mol. The number of alkyl halides is 2. The van der Waals surface area contributed by atoms with Crippen LogP contribution in [0.5, 0.6) is 0 Å². The summed E-state index contributed by atoms with van der Waals surface area (Å²) < 4.78 is 0. The maximum absolute atomic E-state index is 10.3. The Kier molecular flexibility index (Phi) is 2.82. The Balaban J connectivity index is 2.15. The van der Waals surface area contributed by atoms with E-state index in [4.69, 9.17) is 11.6 Å². The van der Waals surface area contributed by atoms with Gasteiger partial charge in [0.2, 0.25) is 0 Å². The largest absolute Gasteiger partial charge is 0.392 e. The van der Waals surface area contributed by atoms with Crippen molar-refractivity contribution in [3.05, 3.63) is 11.6 Å². The lowest BCUT2D eigenvalue weighted by Gasteiger charge is -2.64. The van der Waals surface area contributed by atoms with Crippen molar-refractivity contribution in [2.24, 2.45) is 16.2 Å². The molecule has 0 amide bonds. The highest BCUT2D eigenvalue weighted by Gasteiger charge is 2.62. The van der Waals surface area contributed by atoms with Crippen LogP contribution in [-0.4, -0.2) is 21.4 Å². The van der Waals surface area contributed by atoms with E-state index < -0.39 is 0 Å². The van der Waals surface area contributed by atoms with Crippen LogP contribution in [0.2, 0.25) is 0 Å². The molecule has 0 aromatic rings. The maximum Gasteiger partial charge on any atom is 0.0707 e. The van der Waals surface area contributed by atoms with Gasteiger partial charge in [0, 0.05) is 15.6 Å². The fraction of sp³-hybridized carbons (Fsp3) is 0.867. The Hall–Kier alpha value is 0.470. The Morgan fingerprint density at radius 2 is 2.00 bits per heavy atom. The molecular formula is C15H22BrClO. The molecule has 3 heteroatoms. The van der Waals surface area contributed by atoms with E-state index in [9.17, 15) is 5.11 Å². The first-order valence-corrected chi connectivity index (χ1v) is 8.27. The zero-order valence-electron chi connectivity index (χ0n) is 11.3. The van der Waals surface area contributed by atoms with Crippen molar-refractivity contribution in [1.82, 2.24) is 0 Å². The third kappa shape index (κ3) is 1.43. The zero-order valence-corrected chi connectivity index (χ0v) is 13.7. The van der Waals surface area contributed by atoms with Crippen LogP contribution < -0.4 is 0 Å². The third-order valence-electron chi connectivity index (χ3n) is 6.14. The number of hydrogen-bond acceptors (Lipinski definition) is 1. The van der Waals surface area contributed by atoms with Crippen LogP contribution in [0, 0.1) is 16.2 Å². The number of rotatable bonds is 0. The predicted molar refractivity (Wildman–Crippen MR) is 79.2 cm³/mol. The number of aliphatic hydroxyl groups is 1. The molecule has 0 saturated heterocycles. The maximum atomic E-state index is 10.3. The number of halogens is 2. The van der Waals surface area contributed by atoms with Crippen LogP contribution in [-0.2, 0) is 0 Å². The lowest BCUT2D eigenvalue weighted by Crippen LogP contribution is -2.60. The minimum Gasteiger partial charge on any atom is -0.392 e. The molecule has 4 aliphatic carbocycles. The first-order chi connectivity index (χ1) is 8.23. The molecule has 18 heavy (non-hydrogen) atoms. The second-order valence-corrected chi connectivity index (χ2v) is 8.84. The van der Waals surface area contributed by atoms with Crippen molar-refractivity contribution in [1.29, 1.82) is 0 Å². The predicted octanol–water partition coefficient (Wildman–Crippen LogP) is 4.26. The van der Waals surface area contributed by atoms with Crippen LogP contribution in [0.15, 0.2) is 11.6 Å². The molecule has 2 fully saturated rings. The standard InChI is InChI=1S/C15H22BrClO/c1-13(2)12(16)10(18)6-9-7-14(3)4-5-15(9,13)8-11(14)17/h7,10-12,18H,4-6,8H2,1-3H3/t10-,11-,12-,14-,15+/m0/s1. The highest BCUT2D eigenvalue weighted by Crippen LogP contribution is 2.68. The zero-order chi connectivity index (χ0) is 13.3. The van der Waals surface area contributed by atoms with E-state index in [1.807, 2.05) is 0 Å². The molecule has 2 bridgehead atoms. The molecule has 0 aliphatic heterocycles. The second-order valence-electron chi connectivity index (χ2n) is 7.32. The number of fused-ring (bicyclic) bond motifs is 2. The molecule has 0 aromatic heterocycles. The molecule has 1 N–H and O–H groups in total. The van der Waals surface area contributed by atoms with Crippen LogP contribution in [0.4, 0.5) is 0 Å². The van der Waals surface area contributed by atoms with E-state index in [0.29, 0.717) is 0 Å². The molecule has 5 atom stereocenters. The first-order valence-electron chi connectivity index (χ1n) is 6.91. The number of aliphatic hydroxyl groups excluding tert-OH is 1. The van der Waals surface area contributed by atoms with Crippen molar-refractivity contribution < 1.29 is 5.11 Å². The molecule has 2 saturated carbocycles. The van der Waals surface area contributed by atoms with Crippen molar-refractivity contribution in [3.8, 4) is 0 Å². The summed E-state index contributed by atoms with van der Waals surface area (Å²) in [7, 11) is 0. The van der Waals surface area contributed by atoms with E-state index in [1.54, 1.807) is 0 Å². The summed E-state index contributed by atoms with van der Waals surface area (Å²) in [5, 5.41) is 10.5. The normalized spacial score (nSPS) is 53.9. The first kappa shape index (κ1) is 13.5. The van der Waals surface area contributed by atoms with Crippen molar-refractivity contribution in [2.75, 3.05) is 0 Å². The number of hydrogen-bond donors (Lipinski definition) is 1. The average Bonchev–Trinajstić information content (AvgIpc) is 2.28. The van der Waals surface area contributed by atoms with E-state index in [1.165, 1.54) is 18.4 Å². The topological polar surface area (TPSA) is 20.2 Å². The van der Waals surface area contributed by atoms with Gasteiger partial charge in [-0.25, -0.2) is 0 Å². The van der Waals surface area contributed by atoms with Gasteiger partial charge in [0.15, 0.2) is 0 Å². The molecule has 0 unspecified atom stereocenters. The molecular weight excluding hydrogens is 312 g/mol. The number of allylic oxidation sites excluding steroid dienone is 1. The molecule has 102 valence electrons. The second kappa shape index (κ2) is 3.77. The van der Waals surface area contributed by atoms with Gasteiger partial charge in [-0.15, -0.1) is 11.6 Å². The minimum absolute atomic E-state index is 0.0609. The van der Waals surface area contributed by atoms with E-state index in [2.05, 4.69) is 42.8 Å². The van der Waals surface area contributed by atoms with Gasteiger partial charge in [-0.05, 0) is 36.5 Å². The summed E-state index contributed by atoms with van der Waals surface area (Å²) in [6, 6.07) is 0. The van der Waals surface area contributed by atoms with Gasteiger partial charge >= 0.3 is 0 Å². The quantitative estimate of drug-likeness (QED) is 0.518. The summed E-state index contributed by atoms with van der Waals surface area (Å²) in [4.78, 5) is 0.161. The summed E-state index contributed by atoms with van der Waals surface area (Å²) in [6.07, 6.45) is 6.43. The van der Waals surface area contributed by atoms with Gasteiger partial charge in [-0.2, -0.15) is 0 Å². The van der Waals surface area contributed by atoms with Gasteiger partial charge in [0.25, 0.3) is 0 Å². The van der Waals surface area contributed by atoms with Gasteiger partial charge in [-0.3, -0.25) is 0 Å². The SMILES string of the molecule is CC1(C)[C@@H](Br)[C@@H](O)CC2=C[C@]3(C)CC[C@@]21C[C@@H]3Cl. The molecule has 4 rings (SSSR count). The Labute approximate surface area is 123 Å². The van der Waals surface area contributed by atoms with Gasteiger partial charge in [0.1, 0.15) is 0 Å². The lowest BCUT2D eigenvalue weighted by molar-refractivity contribution is -0.0443. The molecule has 0 radical (unpaired) electrons. The summed E-state index contributed by atoms with van der Waals surface area (Å²) >= 11 is 10.4.